The molecule has 0 aromatic rings. The Balaban J connectivity index is 2.68. The van der Waals surface area contributed by atoms with E-state index in [4.69, 9.17) is 10.2 Å². The molecule has 0 bridgehead atoms. The van der Waals surface area contributed by atoms with Crippen LogP contribution in [-0.2, 0) is 4.43 Å². The van der Waals surface area contributed by atoms with Gasteiger partial charge in [0.05, 0.1) is 5.60 Å². The second kappa shape index (κ2) is 3.71. The molecule has 2 nitrogen and oxygen atoms in total. The molecular formula is C10H23NOSi. The van der Waals surface area contributed by atoms with E-state index in [1.165, 1.54) is 18.9 Å². The molecule has 0 radical (unpaired) electrons. The maximum absolute atomic E-state index is 6.23. The molecule has 0 aromatic carbocycles. The molecule has 78 valence electrons. The standard InChI is InChI=1S/C10H23NOSi/c1-5-9(11)13(4)8-6-7-10(2,3)12-13/h9H,5-8,11H2,1-4H3. The Labute approximate surface area is 83.0 Å². The van der Waals surface area contributed by atoms with Crippen molar-refractivity contribution in [2.24, 2.45) is 5.73 Å². The topological polar surface area (TPSA) is 35.2 Å². The number of hydrogen-bond donors (Lipinski definition) is 1. The lowest BCUT2D eigenvalue weighted by Crippen LogP contribution is -2.58. The monoisotopic (exact) mass is 201 g/mol. The Kier molecular flexibility index (Phi) is 3.20. The number of nitrogens with two attached hydrogens (primary N) is 1. The normalized spacial score (nSPS) is 35.8. The molecule has 2 unspecified atom stereocenters. The van der Waals surface area contributed by atoms with E-state index in [-0.39, 0.29) is 5.60 Å². The highest BCUT2D eigenvalue weighted by Crippen LogP contribution is 2.34. The van der Waals surface area contributed by atoms with Crippen LogP contribution in [0.5, 0.6) is 0 Å². The zero-order valence-electron chi connectivity index (χ0n) is 9.39. The van der Waals surface area contributed by atoms with Crippen LogP contribution in [0.3, 0.4) is 0 Å². The van der Waals surface area contributed by atoms with E-state index in [0.29, 0.717) is 5.67 Å². The van der Waals surface area contributed by atoms with Crippen molar-refractivity contribution < 1.29 is 4.43 Å². The Morgan fingerprint density at radius 3 is 2.62 bits per heavy atom. The first kappa shape index (κ1) is 11.2. The first-order valence-corrected chi connectivity index (χ1v) is 8.05. The van der Waals surface area contributed by atoms with E-state index in [1.807, 2.05) is 0 Å². The Morgan fingerprint density at radius 2 is 2.15 bits per heavy atom. The molecular weight excluding hydrogens is 178 g/mol. The van der Waals surface area contributed by atoms with E-state index < -0.39 is 8.32 Å². The van der Waals surface area contributed by atoms with Crippen LogP contribution in [0.1, 0.15) is 40.0 Å². The summed E-state index contributed by atoms with van der Waals surface area (Å²) in [5.74, 6) is 0. The van der Waals surface area contributed by atoms with Crippen molar-refractivity contribution in [2.45, 2.75) is 63.9 Å². The molecule has 2 atom stereocenters. The molecule has 0 amide bonds. The van der Waals surface area contributed by atoms with Gasteiger partial charge in [0.15, 0.2) is 0 Å². The number of hydrogen-bond acceptors (Lipinski definition) is 2. The fourth-order valence-electron chi connectivity index (χ4n) is 2.29. The van der Waals surface area contributed by atoms with E-state index in [0.717, 1.165) is 6.42 Å². The van der Waals surface area contributed by atoms with Gasteiger partial charge >= 0.3 is 0 Å². The second-order valence-corrected chi connectivity index (χ2v) is 9.11. The summed E-state index contributed by atoms with van der Waals surface area (Å²) in [5.41, 5.74) is 6.53. The second-order valence-electron chi connectivity index (χ2n) is 5.04. The van der Waals surface area contributed by atoms with Crippen LogP contribution in [-0.4, -0.2) is 19.6 Å². The SMILES string of the molecule is CCC(N)[Si]1(C)CCCC(C)(C)O1. The fraction of sp³-hybridized carbons (Fsp3) is 1.00. The van der Waals surface area contributed by atoms with E-state index in [1.54, 1.807) is 0 Å². The smallest absolute Gasteiger partial charge is 0.206 e. The van der Waals surface area contributed by atoms with Crippen molar-refractivity contribution in [3.8, 4) is 0 Å². The highest BCUT2D eigenvalue weighted by atomic mass is 28.4. The molecule has 1 aliphatic rings. The molecule has 1 heterocycles. The van der Waals surface area contributed by atoms with Crippen LogP contribution in [0.2, 0.25) is 12.6 Å². The molecule has 1 aliphatic heterocycles. The first-order valence-electron chi connectivity index (χ1n) is 5.35. The van der Waals surface area contributed by atoms with Crippen molar-refractivity contribution in [3.05, 3.63) is 0 Å². The van der Waals surface area contributed by atoms with E-state index in [9.17, 15) is 0 Å². The molecule has 1 saturated heterocycles. The number of rotatable bonds is 2. The first-order chi connectivity index (χ1) is 5.90. The Hall–Kier alpha value is 0.137. The van der Waals surface area contributed by atoms with Gasteiger partial charge in [0.1, 0.15) is 0 Å². The van der Waals surface area contributed by atoms with Gasteiger partial charge in [-0.2, -0.15) is 0 Å². The summed E-state index contributed by atoms with van der Waals surface area (Å²) in [6.45, 7) is 8.84. The predicted octanol–water partition coefficient (Wildman–Crippen LogP) is 2.43. The minimum Gasteiger partial charge on any atom is -0.411 e. The van der Waals surface area contributed by atoms with Crippen LogP contribution in [0.4, 0.5) is 0 Å². The minimum atomic E-state index is -1.60. The average Bonchev–Trinajstić information content (AvgIpc) is 2.00. The van der Waals surface area contributed by atoms with Gasteiger partial charge in [-0.3, -0.25) is 0 Å². The van der Waals surface area contributed by atoms with Gasteiger partial charge in [-0.15, -0.1) is 0 Å². The van der Waals surface area contributed by atoms with Crippen molar-refractivity contribution in [1.82, 2.24) is 0 Å². The highest BCUT2D eigenvalue weighted by Gasteiger charge is 2.43. The molecule has 0 saturated carbocycles. The van der Waals surface area contributed by atoms with Gasteiger partial charge in [0, 0.05) is 5.67 Å². The van der Waals surface area contributed by atoms with Gasteiger partial charge in [-0.1, -0.05) is 13.3 Å². The van der Waals surface area contributed by atoms with Gasteiger partial charge in [-0.05, 0) is 39.3 Å². The third kappa shape index (κ3) is 2.54. The Morgan fingerprint density at radius 1 is 1.54 bits per heavy atom. The summed E-state index contributed by atoms with van der Waals surface area (Å²) in [4.78, 5) is 0. The maximum atomic E-state index is 6.23. The van der Waals surface area contributed by atoms with Crippen molar-refractivity contribution in [2.75, 3.05) is 0 Å². The highest BCUT2D eigenvalue weighted by molar-refractivity contribution is 6.74. The summed E-state index contributed by atoms with van der Waals surface area (Å²) in [6, 6.07) is 1.24. The van der Waals surface area contributed by atoms with Crippen LogP contribution in [0.25, 0.3) is 0 Å². The quantitative estimate of drug-likeness (QED) is 0.696. The van der Waals surface area contributed by atoms with Crippen LogP contribution in [0, 0.1) is 0 Å². The summed E-state index contributed by atoms with van der Waals surface area (Å²) < 4.78 is 6.23. The third-order valence-corrected chi connectivity index (χ3v) is 7.53. The minimum absolute atomic E-state index is 0.0754. The molecule has 0 spiro atoms. The maximum Gasteiger partial charge on any atom is 0.206 e. The summed E-state index contributed by atoms with van der Waals surface area (Å²) in [5, 5.41) is 0. The largest absolute Gasteiger partial charge is 0.411 e. The van der Waals surface area contributed by atoms with Gasteiger partial charge in [-0.25, -0.2) is 0 Å². The van der Waals surface area contributed by atoms with E-state index >= 15 is 0 Å². The summed E-state index contributed by atoms with van der Waals surface area (Å²) >= 11 is 0. The zero-order chi connectivity index (χ0) is 10.1. The zero-order valence-corrected chi connectivity index (χ0v) is 10.4. The van der Waals surface area contributed by atoms with Crippen molar-refractivity contribution in [1.29, 1.82) is 0 Å². The molecule has 0 aliphatic carbocycles. The lowest BCUT2D eigenvalue weighted by Gasteiger charge is -2.44. The van der Waals surface area contributed by atoms with Crippen molar-refractivity contribution >= 4 is 8.32 Å². The lowest BCUT2D eigenvalue weighted by molar-refractivity contribution is 0.0666. The van der Waals surface area contributed by atoms with E-state index in [2.05, 4.69) is 27.3 Å². The lowest BCUT2D eigenvalue weighted by atomic mass is 10.0. The summed E-state index contributed by atoms with van der Waals surface area (Å²) in [6.07, 6.45) is 3.54. The molecule has 2 N–H and O–H groups in total. The summed E-state index contributed by atoms with van der Waals surface area (Å²) in [7, 11) is -1.60. The van der Waals surface area contributed by atoms with Crippen LogP contribution < -0.4 is 5.73 Å². The van der Waals surface area contributed by atoms with Crippen LogP contribution >= 0.6 is 0 Å². The van der Waals surface area contributed by atoms with Gasteiger partial charge in [0.2, 0.25) is 8.32 Å². The van der Waals surface area contributed by atoms with Crippen LogP contribution in [0.15, 0.2) is 0 Å². The fourth-order valence-corrected chi connectivity index (χ4v) is 6.02. The van der Waals surface area contributed by atoms with Gasteiger partial charge in [0.25, 0.3) is 0 Å². The molecule has 0 aromatic heterocycles. The molecule has 3 heteroatoms. The van der Waals surface area contributed by atoms with Crippen molar-refractivity contribution in [3.63, 3.8) is 0 Å². The molecule has 1 rings (SSSR count). The molecule has 13 heavy (non-hydrogen) atoms. The average molecular weight is 201 g/mol. The third-order valence-electron chi connectivity index (χ3n) is 3.19. The predicted molar refractivity (Wildman–Crippen MR) is 59.1 cm³/mol. The van der Waals surface area contributed by atoms with Gasteiger partial charge < -0.3 is 10.2 Å². The Bertz CT molecular complexity index is 184. The molecule has 1 fully saturated rings.